The Hall–Kier alpha value is -2.41. The van der Waals surface area contributed by atoms with E-state index in [4.69, 9.17) is 0 Å². The van der Waals surface area contributed by atoms with Gasteiger partial charge in [0.2, 0.25) is 0 Å². The maximum absolute atomic E-state index is 12.2. The Kier molecular flexibility index (Phi) is 5.10. The van der Waals surface area contributed by atoms with Crippen LogP contribution in [0.25, 0.3) is 5.69 Å². The molecule has 0 radical (unpaired) electrons. The Labute approximate surface area is 142 Å². The largest absolute Gasteiger partial charge is 0.338 e. The lowest BCUT2D eigenvalue weighted by molar-refractivity contribution is 0.248. The Morgan fingerprint density at radius 3 is 2.83 bits per heavy atom. The monoisotopic (exact) mass is 328 g/mol. The van der Waals surface area contributed by atoms with Crippen molar-refractivity contribution in [1.29, 1.82) is 0 Å². The molecule has 1 aromatic heterocycles. The van der Waals surface area contributed by atoms with Crippen LogP contribution in [0, 0.1) is 6.92 Å². The van der Waals surface area contributed by atoms with Gasteiger partial charge in [0, 0.05) is 18.3 Å². The highest BCUT2D eigenvalue weighted by Gasteiger charge is 2.20. The summed E-state index contributed by atoms with van der Waals surface area (Å²) in [6.07, 6.45) is 6.73. The number of anilines is 1. The number of amides is 2. The maximum Gasteiger partial charge on any atom is 0.319 e. The molecule has 0 bridgehead atoms. The van der Waals surface area contributed by atoms with Crippen LogP contribution in [0.5, 0.6) is 0 Å². The number of nitrogens with zero attached hydrogens (tertiary/aromatic N) is 4. The van der Waals surface area contributed by atoms with E-state index in [1.54, 1.807) is 17.2 Å². The Morgan fingerprint density at radius 2 is 2.12 bits per heavy atom. The third-order valence-corrected chi connectivity index (χ3v) is 4.62. The summed E-state index contributed by atoms with van der Waals surface area (Å²) in [7, 11) is 2.15. The number of carbonyl (C=O) groups excluding carboxylic acids is 1. The van der Waals surface area contributed by atoms with E-state index < -0.39 is 0 Å². The van der Waals surface area contributed by atoms with Gasteiger partial charge in [-0.05, 0) is 57.5 Å². The number of carbonyl (C=O) groups is 1. The van der Waals surface area contributed by atoms with Crippen LogP contribution in [-0.2, 0) is 0 Å². The molecule has 0 spiro atoms. The van der Waals surface area contributed by atoms with Crippen molar-refractivity contribution in [3.63, 3.8) is 0 Å². The summed E-state index contributed by atoms with van der Waals surface area (Å²) >= 11 is 0. The molecule has 0 saturated carbocycles. The topological polar surface area (TPSA) is 75.1 Å². The molecule has 1 atom stereocenters. The van der Waals surface area contributed by atoms with Crippen molar-refractivity contribution in [1.82, 2.24) is 25.0 Å². The summed E-state index contributed by atoms with van der Waals surface area (Å²) in [4.78, 5) is 14.5. The van der Waals surface area contributed by atoms with Crippen molar-refractivity contribution in [3.8, 4) is 5.69 Å². The lowest BCUT2D eigenvalue weighted by atomic mass is 10.1. The third-order valence-electron chi connectivity index (χ3n) is 4.62. The third kappa shape index (κ3) is 3.91. The number of aromatic nitrogens is 3. The molecule has 2 aromatic rings. The van der Waals surface area contributed by atoms with Crippen molar-refractivity contribution >= 4 is 11.7 Å². The minimum atomic E-state index is -0.167. The van der Waals surface area contributed by atoms with Crippen LogP contribution in [0.2, 0.25) is 0 Å². The van der Waals surface area contributed by atoms with E-state index in [1.165, 1.54) is 12.8 Å². The second-order valence-electron chi connectivity index (χ2n) is 6.31. The van der Waals surface area contributed by atoms with Crippen molar-refractivity contribution in [3.05, 3.63) is 36.4 Å². The number of hydrogen-bond acceptors (Lipinski definition) is 4. The first-order valence-electron chi connectivity index (χ1n) is 8.34. The van der Waals surface area contributed by atoms with Crippen LogP contribution >= 0.6 is 0 Å². The van der Waals surface area contributed by atoms with Gasteiger partial charge < -0.3 is 15.5 Å². The van der Waals surface area contributed by atoms with Crippen LogP contribution in [0.1, 0.15) is 24.8 Å². The molecule has 1 aliphatic rings. The van der Waals surface area contributed by atoms with Crippen molar-refractivity contribution in [2.45, 2.75) is 32.2 Å². The van der Waals surface area contributed by atoms with Gasteiger partial charge in [0.25, 0.3) is 0 Å². The first-order chi connectivity index (χ1) is 11.6. The number of urea groups is 1. The normalized spacial score (nSPS) is 17.8. The van der Waals surface area contributed by atoms with Crippen molar-refractivity contribution in [2.75, 3.05) is 25.5 Å². The fourth-order valence-electron chi connectivity index (χ4n) is 3.10. The summed E-state index contributed by atoms with van der Waals surface area (Å²) in [5.74, 6) is 0. The Balaban J connectivity index is 1.55. The van der Waals surface area contributed by atoms with E-state index >= 15 is 0 Å². The zero-order valence-electron chi connectivity index (χ0n) is 14.2. The summed E-state index contributed by atoms with van der Waals surface area (Å²) in [5, 5.41) is 13.5. The van der Waals surface area contributed by atoms with Crippen LogP contribution in [0.15, 0.2) is 30.9 Å². The second kappa shape index (κ2) is 7.44. The predicted octanol–water partition coefficient (Wildman–Crippen LogP) is 2.18. The minimum absolute atomic E-state index is 0.167. The molecular weight excluding hydrogens is 304 g/mol. The zero-order valence-corrected chi connectivity index (χ0v) is 14.2. The first kappa shape index (κ1) is 16.4. The number of hydrogen-bond donors (Lipinski definition) is 2. The van der Waals surface area contributed by atoms with E-state index in [-0.39, 0.29) is 6.03 Å². The van der Waals surface area contributed by atoms with Crippen molar-refractivity contribution < 1.29 is 4.79 Å². The number of benzene rings is 1. The van der Waals surface area contributed by atoms with Gasteiger partial charge in [0.1, 0.15) is 12.7 Å². The second-order valence-corrected chi connectivity index (χ2v) is 6.31. The van der Waals surface area contributed by atoms with Gasteiger partial charge >= 0.3 is 6.03 Å². The molecule has 0 aliphatic carbocycles. The first-order valence-corrected chi connectivity index (χ1v) is 8.34. The number of likely N-dealkylation sites (tertiary alicyclic amines) is 1. The smallest absolute Gasteiger partial charge is 0.319 e. The number of nitrogens with one attached hydrogen (secondary N) is 2. The molecule has 3 rings (SSSR count). The fourth-order valence-corrected chi connectivity index (χ4v) is 3.10. The molecule has 1 saturated heterocycles. The van der Waals surface area contributed by atoms with Gasteiger partial charge in [0.05, 0.1) is 5.69 Å². The molecule has 128 valence electrons. The Bertz CT molecular complexity index is 684. The molecule has 7 nitrogen and oxygen atoms in total. The molecule has 2 N–H and O–H groups in total. The summed E-state index contributed by atoms with van der Waals surface area (Å²) in [6, 6.07) is 6.28. The molecule has 2 amide bonds. The lowest BCUT2D eigenvalue weighted by Gasteiger charge is -2.19. The predicted molar refractivity (Wildman–Crippen MR) is 93.4 cm³/mol. The molecule has 2 heterocycles. The number of aryl methyl sites for hydroxylation is 1. The van der Waals surface area contributed by atoms with Gasteiger partial charge in [-0.1, -0.05) is 6.07 Å². The standard InChI is InChI=1S/C17H24N6O/c1-13-5-6-15(23-11-19-20-12-23)10-16(13)21-17(24)18-8-7-14-4-3-9-22(14)2/h5-6,10-12,14H,3-4,7-9H2,1-2H3,(H2,18,21,24). The maximum atomic E-state index is 12.2. The van der Waals surface area contributed by atoms with Gasteiger partial charge in [-0.2, -0.15) is 0 Å². The highest BCUT2D eigenvalue weighted by Crippen LogP contribution is 2.19. The van der Waals surface area contributed by atoms with Gasteiger partial charge in [-0.15, -0.1) is 10.2 Å². The highest BCUT2D eigenvalue weighted by atomic mass is 16.2. The Morgan fingerprint density at radius 1 is 1.33 bits per heavy atom. The molecular formula is C17H24N6O. The average molecular weight is 328 g/mol. The van der Waals surface area contributed by atoms with E-state index in [0.717, 1.165) is 29.9 Å². The average Bonchev–Trinajstić information content (AvgIpc) is 3.22. The molecule has 1 fully saturated rings. The SMILES string of the molecule is Cc1ccc(-n2cnnc2)cc1NC(=O)NCCC1CCCN1C. The van der Waals surface area contributed by atoms with Crippen LogP contribution in [0.4, 0.5) is 10.5 Å². The molecule has 1 unspecified atom stereocenters. The van der Waals surface area contributed by atoms with Gasteiger partial charge in [-0.25, -0.2) is 4.79 Å². The molecule has 1 aromatic carbocycles. The zero-order chi connectivity index (χ0) is 16.9. The molecule has 24 heavy (non-hydrogen) atoms. The molecule has 1 aliphatic heterocycles. The van der Waals surface area contributed by atoms with Crippen LogP contribution in [0.3, 0.4) is 0 Å². The van der Waals surface area contributed by atoms with E-state index in [1.807, 2.05) is 25.1 Å². The summed E-state index contributed by atoms with van der Waals surface area (Å²) in [5.41, 5.74) is 2.71. The minimum Gasteiger partial charge on any atom is -0.338 e. The van der Waals surface area contributed by atoms with E-state index in [2.05, 4.69) is 32.8 Å². The molecule has 7 heteroatoms. The van der Waals surface area contributed by atoms with Crippen LogP contribution < -0.4 is 10.6 Å². The highest BCUT2D eigenvalue weighted by molar-refractivity contribution is 5.90. The lowest BCUT2D eigenvalue weighted by Crippen LogP contribution is -2.34. The van der Waals surface area contributed by atoms with E-state index in [0.29, 0.717) is 12.6 Å². The van der Waals surface area contributed by atoms with Crippen molar-refractivity contribution in [2.24, 2.45) is 0 Å². The number of rotatable bonds is 5. The fraction of sp³-hybridized carbons (Fsp3) is 0.471. The van der Waals surface area contributed by atoms with E-state index in [9.17, 15) is 4.79 Å². The summed E-state index contributed by atoms with van der Waals surface area (Å²) in [6.45, 7) is 3.82. The summed E-state index contributed by atoms with van der Waals surface area (Å²) < 4.78 is 1.80. The van der Waals surface area contributed by atoms with Gasteiger partial charge in [0.15, 0.2) is 0 Å². The van der Waals surface area contributed by atoms with Gasteiger partial charge in [-0.3, -0.25) is 4.57 Å². The van der Waals surface area contributed by atoms with Crippen LogP contribution in [-0.4, -0.2) is 51.9 Å². The quantitative estimate of drug-likeness (QED) is 0.882.